The fourth-order valence-corrected chi connectivity index (χ4v) is 2.25. The van der Waals surface area contributed by atoms with Crippen LogP contribution in [0, 0.1) is 0 Å². The molecule has 6 heteroatoms. The molecular formula is C15H22BrNO4. The molecule has 118 valence electrons. The average Bonchev–Trinajstić information content (AvgIpc) is 2.44. The predicted octanol–water partition coefficient (Wildman–Crippen LogP) is 2.63. The molecule has 0 aromatic heterocycles. The van der Waals surface area contributed by atoms with Crippen molar-refractivity contribution in [3.8, 4) is 11.5 Å². The molecule has 0 saturated carbocycles. The maximum atomic E-state index is 11.9. The van der Waals surface area contributed by atoms with Gasteiger partial charge in [-0.1, -0.05) is 6.92 Å². The average molecular weight is 360 g/mol. The van der Waals surface area contributed by atoms with Gasteiger partial charge in [-0.25, -0.2) is 0 Å². The van der Waals surface area contributed by atoms with Crippen LogP contribution in [0.5, 0.6) is 11.5 Å². The molecule has 0 bridgehead atoms. The van der Waals surface area contributed by atoms with Gasteiger partial charge in [0, 0.05) is 5.54 Å². The third-order valence-electron chi connectivity index (χ3n) is 3.18. The molecule has 5 nitrogen and oxygen atoms in total. The van der Waals surface area contributed by atoms with E-state index >= 15 is 0 Å². The Kier molecular flexibility index (Phi) is 6.48. The molecule has 0 heterocycles. The maximum Gasteiger partial charge on any atom is 0.258 e. The van der Waals surface area contributed by atoms with Crippen LogP contribution in [0.3, 0.4) is 0 Å². The van der Waals surface area contributed by atoms with Gasteiger partial charge in [0.15, 0.2) is 18.1 Å². The minimum Gasteiger partial charge on any atom is -0.493 e. The Balaban J connectivity index is 2.77. The van der Waals surface area contributed by atoms with Gasteiger partial charge < -0.3 is 19.9 Å². The summed E-state index contributed by atoms with van der Waals surface area (Å²) >= 11 is 3.36. The van der Waals surface area contributed by atoms with Gasteiger partial charge in [-0.05, 0) is 53.9 Å². The molecule has 0 atom stereocenters. The number of nitrogens with one attached hydrogen (secondary N) is 1. The van der Waals surface area contributed by atoms with Gasteiger partial charge in [0.2, 0.25) is 0 Å². The van der Waals surface area contributed by atoms with E-state index in [-0.39, 0.29) is 24.7 Å². The number of carbonyl (C=O) groups is 1. The van der Waals surface area contributed by atoms with Crippen LogP contribution in [-0.2, 0) is 11.4 Å². The SMILES string of the molecule is CCC(C)(C)NC(=O)COc1c(Br)cc(CO)cc1OC. The zero-order valence-electron chi connectivity index (χ0n) is 12.8. The Hall–Kier alpha value is -1.27. The Bertz CT molecular complexity index is 503. The summed E-state index contributed by atoms with van der Waals surface area (Å²) in [5.41, 5.74) is 0.435. The number of ether oxygens (including phenoxy) is 2. The molecule has 2 N–H and O–H groups in total. The van der Waals surface area contributed by atoms with Crippen LogP contribution in [0.15, 0.2) is 16.6 Å². The van der Waals surface area contributed by atoms with E-state index in [1.807, 2.05) is 20.8 Å². The highest BCUT2D eigenvalue weighted by molar-refractivity contribution is 9.10. The number of aliphatic hydroxyl groups is 1. The number of rotatable bonds is 7. The lowest BCUT2D eigenvalue weighted by Gasteiger charge is -2.24. The first-order valence-electron chi connectivity index (χ1n) is 6.74. The van der Waals surface area contributed by atoms with Crippen LogP contribution in [0.25, 0.3) is 0 Å². The summed E-state index contributed by atoms with van der Waals surface area (Å²) in [6.07, 6.45) is 0.830. The van der Waals surface area contributed by atoms with Crippen molar-refractivity contribution in [1.82, 2.24) is 5.32 Å². The number of benzene rings is 1. The van der Waals surface area contributed by atoms with Crippen molar-refractivity contribution in [3.63, 3.8) is 0 Å². The van der Waals surface area contributed by atoms with Crippen molar-refractivity contribution < 1.29 is 19.4 Å². The molecule has 0 radical (unpaired) electrons. The van der Waals surface area contributed by atoms with Gasteiger partial charge in [-0.15, -0.1) is 0 Å². The summed E-state index contributed by atoms with van der Waals surface area (Å²) in [6, 6.07) is 3.40. The highest BCUT2D eigenvalue weighted by Crippen LogP contribution is 2.36. The molecular weight excluding hydrogens is 338 g/mol. The number of aliphatic hydroxyl groups excluding tert-OH is 1. The quantitative estimate of drug-likeness (QED) is 0.785. The smallest absolute Gasteiger partial charge is 0.258 e. The largest absolute Gasteiger partial charge is 0.493 e. The van der Waals surface area contributed by atoms with Crippen LogP contribution in [0.2, 0.25) is 0 Å². The molecule has 1 aromatic rings. The van der Waals surface area contributed by atoms with E-state index in [1.165, 1.54) is 7.11 Å². The summed E-state index contributed by atoms with van der Waals surface area (Å²) in [7, 11) is 1.51. The zero-order chi connectivity index (χ0) is 16.0. The van der Waals surface area contributed by atoms with Crippen LogP contribution in [-0.4, -0.2) is 30.3 Å². The second kappa shape index (κ2) is 7.66. The molecule has 21 heavy (non-hydrogen) atoms. The van der Waals surface area contributed by atoms with Crippen molar-refractivity contribution in [2.75, 3.05) is 13.7 Å². The van der Waals surface area contributed by atoms with Crippen molar-refractivity contribution in [1.29, 1.82) is 0 Å². The molecule has 0 aliphatic heterocycles. The van der Waals surface area contributed by atoms with E-state index in [9.17, 15) is 4.79 Å². The van der Waals surface area contributed by atoms with Gasteiger partial charge in [0.1, 0.15) is 0 Å². The first-order chi connectivity index (χ1) is 9.82. The summed E-state index contributed by atoms with van der Waals surface area (Å²) in [4.78, 5) is 11.9. The standard InChI is InChI=1S/C15H22BrNO4/c1-5-15(2,3)17-13(19)9-21-14-11(16)6-10(8-18)7-12(14)20-4/h6-7,18H,5,8-9H2,1-4H3,(H,17,19). The van der Waals surface area contributed by atoms with Crippen molar-refractivity contribution >= 4 is 21.8 Å². The Labute approximate surface area is 133 Å². The zero-order valence-corrected chi connectivity index (χ0v) is 14.4. The van der Waals surface area contributed by atoms with Gasteiger partial charge in [0.05, 0.1) is 18.2 Å². The molecule has 0 unspecified atom stereocenters. The lowest BCUT2D eigenvalue weighted by atomic mass is 10.0. The summed E-state index contributed by atoms with van der Waals surface area (Å²) in [6.45, 7) is 5.72. The third kappa shape index (κ3) is 5.21. The second-order valence-electron chi connectivity index (χ2n) is 5.34. The molecule has 1 rings (SSSR count). The number of amides is 1. The fraction of sp³-hybridized carbons (Fsp3) is 0.533. The first-order valence-corrected chi connectivity index (χ1v) is 7.53. The Morgan fingerprint density at radius 2 is 2.10 bits per heavy atom. The van der Waals surface area contributed by atoms with E-state index in [2.05, 4.69) is 21.2 Å². The summed E-state index contributed by atoms with van der Waals surface area (Å²) < 4.78 is 11.4. The van der Waals surface area contributed by atoms with Crippen molar-refractivity contribution in [2.24, 2.45) is 0 Å². The molecule has 1 amide bonds. The molecule has 0 saturated heterocycles. The van der Waals surface area contributed by atoms with Crippen LogP contribution in [0.4, 0.5) is 0 Å². The monoisotopic (exact) mass is 359 g/mol. The topological polar surface area (TPSA) is 67.8 Å². The van der Waals surface area contributed by atoms with Gasteiger partial charge in [0.25, 0.3) is 5.91 Å². The minimum absolute atomic E-state index is 0.0968. The van der Waals surface area contributed by atoms with Crippen LogP contribution < -0.4 is 14.8 Å². The van der Waals surface area contributed by atoms with Crippen molar-refractivity contribution in [2.45, 2.75) is 39.3 Å². The third-order valence-corrected chi connectivity index (χ3v) is 3.77. The Morgan fingerprint density at radius 3 is 2.62 bits per heavy atom. The molecule has 0 spiro atoms. The molecule has 0 aliphatic carbocycles. The van der Waals surface area contributed by atoms with Gasteiger partial charge in [-0.2, -0.15) is 0 Å². The summed E-state index contributed by atoms with van der Waals surface area (Å²) in [5, 5.41) is 12.1. The van der Waals surface area contributed by atoms with E-state index in [1.54, 1.807) is 12.1 Å². The number of halogens is 1. The van der Waals surface area contributed by atoms with Crippen molar-refractivity contribution in [3.05, 3.63) is 22.2 Å². The van der Waals surface area contributed by atoms with E-state index in [0.29, 0.717) is 21.5 Å². The minimum atomic E-state index is -0.261. The van der Waals surface area contributed by atoms with Crippen LogP contribution >= 0.6 is 15.9 Å². The predicted molar refractivity (Wildman–Crippen MR) is 84.6 cm³/mol. The number of methoxy groups -OCH3 is 1. The highest BCUT2D eigenvalue weighted by Gasteiger charge is 2.19. The fourth-order valence-electron chi connectivity index (χ4n) is 1.64. The lowest BCUT2D eigenvalue weighted by Crippen LogP contribution is -2.44. The van der Waals surface area contributed by atoms with E-state index in [4.69, 9.17) is 14.6 Å². The second-order valence-corrected chi connectivity index (χ2v) is 6.20. The first kappa shape index (κ1) is 17.8. The highest BCUT2D eigenvalue weighted by atomic mass is 79.9. The van der Waals surface area contributed by atoms with Gasteiger partial charge in [-0.3, -0.25) is 4.79 Å². The number of hydrogen-bond acceptors (Lipinski definition) is 4. The molecule has 0 aliphatic rings. The van der Waals surface area contributed by atoms with Gasteiger partial charge >= 0.3 is 0 Å². The Morgan fingerprint density at radius 1 is 1.43 bits per heavy atom. The van der Waals surface area contributed by atoms with E-state index in [0.717, 1.165) is 6.42 Å². The normalized spacial score (nSPS) is 11.1. The number of hydrogen-bond donors (Lipinski definition) is 2. The maximum absolute atomic E-state index is 11.9. The summed E-state index contributed by atoms with van der Waals surface area (Å²) in [5.74, 6) is 0.720. The lowest BCUT2D eigenvalue weighted by molar-refractivity contribution is -0.124. The van der Waals surface area contributed by atoms with Crippen LogP contribution in [0.1, 0.15) is 32.8 Å². The van der Waals surface area contributed by atoms with E-state index < -0.39 is 0 Å². The number of carbonyl (C=O) groups excluding carboxylic acids is 1. The molecule has 1 aromatic carbocycles. The molecule has 0 fully saturated rings.